The van der Waals surface area contributed by atoms with E-state index in [0.29, 0.717) is 0 Å². The SMILES string of the molecule is CCCSC(=O)Nc1cc2c3c(c1)[C@](C)(c1ccccc1)CCN3CC[C@@]2(C)c1ccccc1. The summed E-state index contributed by atoms with van der Waals surface area (Å²) in [4.78, 5) is 15.3. The van der Waals surface area contributed by atoms with Crippen molar-refractivity contribution in [3.63, 3.8) is 0 Å². The molecule has 2 aliphatic heterocycles. The zero-order valence-electron chi connectivity index (χ0n) is 20.4. The highest BCUT2D eigenvalue weighted by Crippen LogP contribution is 2.54. The van der Waals surface area contributed by atoms with Gasteiger partial charge in [-0.1, -0.05) is 93.2 Å². The summed E-state index contributed by atoms with van der Waals surface area (Å²) in [6, 6.07) is 26.2. The Labute approximate surface area is 208 Å². The lowest BCUT2D eigenvalue weighted by Gasteiger charge is -2.50. The number of rotatable bonds is 5. The van der Waals surface area contributed by atoms with Crippen LogP contribution in [0.3, 0.4) is 0 Å². The molecule has 3 aromatic rings. The van der Waals surface area contributed by atoms with Crippen LogP contribution in [0, 0.1) is 0 Å². The normalized spacial score (nSPS) is 23.3. The highest BCUT2D eigenvalue weighted by atomic mass is 32.2. The molecule has 1 amide bonds. The van der Waals surface area contributed by atoms with Crippen molar-refractivity contribution in [1.82, 2.24) is 0 Å². The fourth-order valence-corrected chi connectivity index (χ4v) is 6.35. The largest absolute Gasteiger partial charge is 0.371 e. The van der Waals surface area contributed by atoms with Crippen molar-refractivity contribution in [3.05, 3.63) is 95.1 Å². The molecule has 3 nitrogen and oxygen atoms in total. The summed E-state index contributed by atoms with van der Waals surface area (Å²) in [5, 5.41) is 3.25. The Bertz CT molecular complexity index is 1100. The van der Waals surface area contributed by atoms with E-state index in [2.05, 4.69) is 104 Å². The quantitative estimate of drug-likeness (QED) is 0.417. The number of anilines is 2. The molecule has 176 valence electrons. The monoisotopic (exact) mass is 470 g/mol. The van der Waals surface area contributed by atoms with E-state index in [-0.39, 0.29) is 16.1 Å². The Morgan fingerprint density at radius 2 is 1.38 bits per heavy atom. The molecule has 1 N–H and O–H groups in total. The lowest BCUT2D eigenvalue weighted by atomic mass is 9.64. The first-order valence-corrected chi connectivity index (χ1v) is 13.4. The number of nitrogens with zero attached hydrogens (tertiary/aromatic N) is 1. The molecular weight excluding hydrogens is 436 g/mol. The van der Waals surface area contributed by atoms with Gasteiger partial charge >= 0.3 is 0 Å². The molecule has 5 rings (SSSR count). The third-order valence-electron chi connectivity index (χ3n) is 7.88. The lowest BCUT2D eigenvalue weighted by molar-refractivity contribution is 0.269. The average molecular weight is 471 g/mol. The second-order valence-corrected chi connectivity index (χ2v) is 11.1. The third-order valence-corrected chi connectivity index (χ3v) is 8.86. The molecular formula is C30H34N2OS. The number of benzene rings is 3. The van der Waals surface area contributed by atoms with E-state index in [1.165, 1.54) is 39.7 Å². The average Bonchev–Trinajstić information content (AvgIpc) is 2.87. The van der Waals surface area contributed by atoms with Gasteiger partial charge in [0.25, 0.3) is 5.24 Å². The molecule has 2 heterocycles. The van der Waals surface area contributed by atoms with Gasteiger partial charge in [0.1, 0.15) is 0 Å². The number of hydrogen-bond acceptors (Lipinski definition) is 3. The van der Waals surface area contributed by atoms with E-state index >= 15 is 0 Å². The number of carbonyl (C=O) groups excluding carboxylic acids is 1. The van der Waals surface area contributed by atoms with Crippen molar-refractivity contribution in [2.45, 2.75) is 50.9 Å². The maximum atomic E-state index is 12.7. The summed E-state index contributed by atoms with van der Waals surface area (Å²) in [5.41, 5.74) is 7.42. The van der Waals surface area contributed by atoms with Crippen molar-refractivity contribution in [2.75, 3.05) is 29.1 Å². The van der Waals surface area contributed by atoms with Crippen molar-refractivity contribution >= 4 is 28.4 Å². The van der Waals surface area contributed by atoms with Gasteiger partial charge in [-0.2, -0.15) is 0 Å². The fraction of sp³-hybridized carbons (Fsp3) is 0.367. The Balaban J connectivity index is 1.71. The van der Waals surface area contributed by atoms with Gasteiger partial charge in [0.05, 0.1) is 0 Å². The summed E-state index contributed by atoms with van der Waals surface area (Å²) < 4.78 is 0. The number of thioether (sulfide) groups is 1. The van der Waals surface area contributed by atoms with Crippen LogP contribution in [0.4, 0.5) is 16.2 Å². The third kappa shape index (κ3) is 3.92. The van der Waals surface area contributed by atoms with E-state index in [9.17, 15) is 4.79 Å². The summed E-state index contributed by atoms with van der Waals surface area (Å²) in [5.74, 6) is 0.834. The second-order valence-electron chi connectivity index (χ2n) is 10.1. The fourth-order valence-electron chi connectivity index (χ4n) is 5.77. The Kier molecular flexibility index (Phi) is 6.20. The maximum Gasteiger partial charge on any atom is 0.283 e. The van der Waals surface area contributed by atoms with Crippen LogP contribution in [-0.2, 0) is 10.8 Å². The minimum Gasteiger partial charge on any atom is -0.371 e. The molecule has 0 spiro atoms. The van der Waals surface area contributed by atoms with Crippen LogP contribution in [-0.4, -0.2) is 24.1 Å². The van der Waals surface area contributed by atoms with Gasteiger partial charge in [-0.25, -0.2) is 0 Å². The molecule has 0 aliphatic carbocycles. The van der Waals surface area contributed by atoms with Crippen LogP contribution in [0.15, 0.2) is 72.8 Å². The van der Waals surface area contributed by atoms with Gasteiger partial charge in [-0.15, -0.1) is 0 Å². The van der Waals surface area contributed by atoms with Crippen LogP contribution >= 0.6 is 11.8 Å². The minimum atomic E-state index is -0.103. The number of nitrogens with one attached hydrogen (secondary N) is 1. The molecule has 0 aromatic heterocycles. The van der Waals surface area contributed by atoms with Crippen LogP contribution in [0.5, 0.6) is 0 Å². The van der Waals surface area contributed by atoms with Gasteiger partial charge in [0, 0.05) is 41.0 Å². The number of amides is 1. The van der Waals surface area contributed by atoms with Crippen LogP contribution in [0.2, 0.25) is 0 Å². The van der Waals surface area contributed by atoms with Gasteiger partial charge < -0.3 is 10.2 Å². The van der Waals surface area contributed by atoms with E-state index in [1.54, 1.807) is 0 Å². The zero-order chi connectivity index (χ0) is 23.8. The Morgan fingerprint density at radius 1 is 0.882 bits per heavy atom. The molecule has 2 aliphatic rings. The maximum absolute atomic E-state index is 12.7. The lowest BCUT2D eigenvalue weighted by Crippen LogP contribution is -2.47. The second kappa shape index (κ2) is 9.14. The van der Waals surface area contributed by atoms with Gasteiger partial charge in [0.15, 0.2) is 0 Å². The van der Waals surface area contributed by atoms with Crippen molar-refractivity contribution in [1.29, 1.82) is 0 Å². The molecule has 0 fully saturated rings. The zero-order valence-corrected chi connectivity index (χ0v) is 21.3. The molecule has 4 heteroatoms. The van der Waals surface area contributed by atoms with Crippen LogP contribution in [0.1, 0.15) is 62.3 Å². The molecule has 0 radical (unpaired) electrons. The van der Waals surface area contributed by atoms with E-state index in [0.717, 1.165) is 43.8 Å². The van der Waals surface area contributed by atoms with Gasteiger partial charge in [-0.3, -0.25) is 4.79 Å². The highest BCUT2D eigenvalue weighted by Gasteiger charge is 2.45. The molecule has 2 atom stereocenters. The standard InChI is InChI=1S/C30H34N2OS/c1-4-19-34-28(33)31-24-20-25-27-26(21-24)30(3,23-13-9-6-10-14-23)16-18-32(27)17-15-29(25,2)22-11-7-5-8-12-22/h5-14,20-21H,4,15-19H2,1-3H3,(H,31,33)/t29-,30-/m0/s1. The smallest absolute Gasteiger partial charge is 0.283 e. The molecule has 0 saturated carbocycles. The highest BCUT2D eigenvalue weighted by molar-refractivity contribution is 8.13. The molecule has 0 saturated heterocycles. The Hall–Kier alpha value is -2.72. The molecule has 0 unspecified atom stereocenters. The van der Waals surface area contributed by atoms with Crippen LogP contribution in [0.25, 0.3) is 0 Å². The summed E-state index contributed by atoms with van der Waals surface area (Å²) >= 11 is 1.37. The predicted octanol–water partition coefficient (Wildman–Crippen LogP) is 7.59. The summed E-state index contributed by atoms with van der Waals surface area (Å²) in [6.45, 7) is 8.96. The van der Waals surface area contributed by atoms with Gasteiger partial charge in [0.2, 0.25) is 0 Å². The van der Waals surface area contributed by atoms with Crippen molar-refractivity contribution in [2.24, 2.45) is 0 Å². The van der Waals surface area contributed by atoms with E-state index in [4.69, 9.17) is 0 Å². The minimum absolute atomic E-state index is 0.0281. The van der Waals surface area contributed by atoms with Crippen LogP contribution < -0.4 is 10.2 Å². The summed E-state index contributed by atoms with van der Waals surface area (Å²) in [7, 11) is 0. The predicted molar refractivity (Wildman–Crippen MR) is 145 cm³/mol. The van der Waals surface area contributed by atoms with E-state index < -0.39 is 0 Å². The molecule has 34 heavy (non-hydrogen) atoms. The number of carbonyl (C=O) groups is 1. The molecule has 0 bridgehead atoms. The van der Waals surface area contributed by atoms with Crippen molar-refractivity contribution < 1.29 is 4.79 Å². The topological polar surface area (TPSA) is 32.3 Å². The summed E-state index contributed by atoms with van der Waals surface area (Å²) in [6.07, 6.45) is 3.11. The first-order valence-electron chi connectivity index (χ1n) is 12.4. The van der Waals surface area contributed by atoms with E-state index in [1.807, 2.05) is 0 Å². The first-order chi connectivity index (χ1) is 16.5. The first kappa shape index (κ1) is 23.0. The van der Waals surface area contributed by atoms with Crippen molar-refractivity contribution in [3.8, 4) is 0 Å². The Morgan fingerprint density at radius 3 is 1.85 bits per heavy atom. The number of hydrogen-bond donors (Lipinski definition) is 1. The van der Waals surface area contributed by atoms with Gasteiger partial charge in [-0.05, 0) is 53.6 Å². The molecule has 3 aromatic carbocycles.